The van der Waals surface area contributed by atoms with Gasteiger partial charge in [0.2, 0.25) is 5.91 Å². The van der Waals surface area contributed by atoms with Crippen molar-refractivity contribution >= 4 is 34.0 Å². The van der Waals surface area contributed by atoms with Crippen molar-refractivity contribution in [2.75, 3.05) is 11.9 Å². The molecule has 1 heterocycles. The van der Waals surface area contributed by atoms with E-state index in [0.29, 0.717) is 28.9 Å². The Kier molecular flexibility index (Phi) is 5.59. The van der Waals surface area contributed by atoms with E-state index in [2.05, 4.69) is 24.1 Å². The van der Waals surface area contributed by atoms with Crippen molar-refractivity contribution in [2.24, 2.45) is 0 Å². The van der Waals surface area contributed by atoms with Gasteiger partial charge < -0.3 is 10.1 Å². The molecule has 0 bridgehead atoms. The highest BCUT2D eigenvalue weighted by Crippen LogP contribution is 2.22. The van der Waals surface area contributed by atoms with Gasteiger partial charge in [-0.3, -0.25) is 4.79 Å². The summed E-state index contributed by atoms with van der Waals surface area (Å²) in [5, 5.41) is 3.23. The number of rotatable bonds is 6. The van der Waals surface area contributed by atoms with Crippen LogP contribution in [0.2, 0.25) is 4.34 Å². The number of nitrogens with one attached hydrogen (secondary N) is 1. The highest BCUT2D eigenvalue weighted by molar-refractivity contribution is 7.19. The van der Waals surface area contributed by atoms with Crippen LogP contribution in [-0.2, 0) is 4.79 Å². The first kappa shape index (κ1) is 15.8. The topological polar surface area (TPSA) is 51.2 Å². The summed E-state index contributed by atoms with van der Waals surface area (Å²) in [6.07, 6.45) is 2.56. The minimum Gasteiger partial charge on any atom is -0.494 e. The van der Waals surface area contributed by atoms with Crippen LogP contribution >= 0.6 is 22.9 Å². The van der Waals surface area contributed by atoms with Crippen LogP contribution in [-0.4, -0.2) is 17.5 Å². The van der Waals surface area contributed by atoms with E-state index in [9.17, 15) is 4.79 Å². The summed E-state index contributed by atoms with van der Waals surface area (Å²) in [4.78, 5) is 15.7. The van der Waals surface area contributed by atoms with Crippen molar-refractivity contribution in [1.29, 1.82) is 0 Å². The van der Waals surface area contributed by atoms with Crippen molar-refractivity contribution in [1.82, 2.24) is 4.98 Å². The van der Waals surface area contributed by atoms with Crippen LogP contribution in [0.4, 0.5) is 5.13 Å². The van der Waals surface area contributed by atoms with E-state index in [4.69, 9.17) is 16.3 Å². The molecule has 4 nitrogen and oxygen atoms in total. The Balaban J connectivity index is 1.69. The number of carbonyl (C=O) groups is 1. The van der Waals surface area contributed by atoms with Crippen LogP contribution in [0.3, 0.4) is 0 Å². The zero-order chi connectivity index (χ0) is 15.2. The van der Waals surface area contributed by atoms with E-state index >= 15 is 0 Å². The molecule has 0 spiro atoms. The molecule has 0 unspecified atom stereocenters. The molecule has 0 saturated heterocycles. The van der Waals surface area contributed by atoms with Crippen LogP contribution in [0.25, 0.3) is 0 Å². The normalized spacial score (nSPS) is 10.4. The fourth-order valence-corrected chi connectivity index (χ4v) is 2.55. The zero-order valence-electron chi connectivity index (χ0n) is 12.0. The molecule has 112 valence electrons. The number of ether oxygens (including phenoxy) is 1. The summed E-state index contributed by atoms with van der Waals surface area (Å²) in [6.45, 7) is 4.62. The molecule has 0 fully saturated rings. The van der Waals surface area contributed by atoms with Crippen LogP contribution in [0.5, 0.6) is 5.75 Å². The van der Waals surface area contributed by atoms with Gasteiger partial charge in [-0.05, 0) is 43.5 Å². The molecule has 6 heteroatoms. The number of benzene rings is 1. The van der Waals surface area contributed by atoms with Gasteiger partial charge in [0.05, 0.1) is 12.8 Å². The molecule has 1 N–H and O–H groups in total. The second-order valence-electron chi connectivity index (χ2n) is 4.72. The van der Waals surface area contributed by atoms with Crippen molar-refractivity contribution < 1.29 is 9.53 Å². The minimum atomic E-state index is -0.0790. The third kappa shape index (κ3) is 5.02. The van der Waals surface area contributed by atoms with Crippen LogP contribution in [0, 0.1) is 13.8 Å². The molecular formula is C15H17ClN2O2S. The standard InChI is InChI=1S/C15H17ClN2O2S/c1-10-5-6-12(8-11(10)2)20-7-3-4-14(19)18-15-17-9-13(16)21-15/h5-6,8-9H,3-4,7H2,1-2H3,(H,17,18,19). The van der Waals surface area contributed by atoms with E-state index in [0.717, 1.165) is 5.75 Å². The lowest BCUT2D eigenvalue weighted by Gasteiger charge is -2.08. The second-order valence-corrected chi connectivity index (χ2v) is 6.38. The Bertz CT molecular complexity index is 628. The summed E-state index contributed by atoms with van der Waals surface area (Å²) in [7, 11) is 0. The SMILES string of the molecule is Cc1ccc(OCCCC(=O)Nc2ncc(Cl)s2)cc1C. The third-order valence-electron chi connectivity index (χ3n) is 3.02. The first-order chi connectivity index (χ1) is 10.0. The lowest BCUT2D eigenvalue weighted by atomic mass is 10.1. The Hall–Kier alpha value is -1.59. The first-order valence-electron chi connectivity index (χ1n) is 6.66. The molecule has 0 atom stereocenters. The van der Waals surface area contributed by atoms with E-state index in [1.807, 2.05) is 18.2 Å². The summed E-state index contributed by atoms with van der Waals surface area (Å²) < 4.78 is 6.19. The summed E-state index contributed by atoms with van der Waals surface area (Å²) in [5.74, 6) is 0.759. The van der Waals surface area contributed by atoms with Gasteiger partial charge in [0.15, 0.2) is 5.13 Å². The number of hydrogen-bond acceptors (Lipinski definition) is 4. The smallest absolute Gasteiger partial charge is 0.226 e. The highest BCUT2D eigenvalue weighted by Gasteiger charge is 2.06. The second kappa shape index (κ2) is 7.43. The fourth-order valence-electron chi connectivity index (χ4n) is 1.72. The summed E-state index contributed by atoms with van der Waals surface area (Å²) >= 11 is 6.99. The van der Waals surface area contributed by atoms with E-state index in [1.165, 1.54) is 28.7 Å². The summed E-state index contributed by atoms with van der Waals surface area (Å²) in [6, 6.07) is 5.98. The first-order valence-corrected chi connectivity index (χ1v) is 7.85. The maximum absolute atomic E-state index is 11.7. The van der Waals surface area contributed by atoms with Gasteiger partial charge >= 0.3 is 0 Å². The number of aromatic nitrogens is 1. The van der Waals surface area contributed by atoms with Crippen LogP contribution < -0.4 is 10.1 Å². The van der Waals surface area contributed by atoms with Crippen molar-refractivity contribution in [3.8, 4) is 5.75 Å². The summed E-state index contributed by atoms with van der Waals surface area (Å²) in [5.41, 5.74) is 2.44. The van der Waals surface area contributed by atoms with Gasteiger partial charge in [-0.1, -0.05) is 29.0 Å². The molecule has 0 aliphatic heterocycles. The van der Waals surface area contributed by atoms with E-state index in [1.54, 1.807) is 0 Å². The van der Waals surface area contributed by atoms with Gasteiger partial charge in [0.1, 0.15) is 10.1 Å². The Morgan fingerprint density at radius 2 is 2.19 bits per heavy atom. The fraction of sp³-hybridized carbons (Fsp3) is 0.333. The maximum Gasteiger partial charge on any atom is 0.226 e. The van der Waals surface area contributed by atoms with Gasteiger partial charge in [0.25, 0.3) is 0 Å². The Morgan fingerprint density at radius 3 is 2.86 bits per heavy atom. The number of carbonyl (C=O) groups excluding carboxylic acids is 1. The van der Waals surface area contributed by atoms with E-state index in [-0.39, 0.29) is 5.91 Å². The van der Waals surface area contributed by atoms with Crippen LogP contribution in [0.1, 0.15) is 24.0 Å². The molecule has 0 radical (unpaired) electrons. The van der Waals surface area contributed by atoms with Crippen molar-refractivity contribution in [3.63, 3.8) is 0 Å². The number of anilines is 1. The lowest BCUT2D eigenvalue weighted by molar-refractivity contribution is -0.116. The van der Waals surface area contributed by atoms with E-state index < -0.39 is 0 Å². The van der Waals surface area contributed by atoms with Gasteiger partial charge in [-0.2, -0.15) is 0 Å². The van der Waals surface area contributed by atoms with Gasteiger partial charge in [-0.15, -0.1) is 0 Å². The molecule has 1 aromatic heterocycles. The number of amides is 1. The molecule has 0 saturated carbocycles. The predicted octanol–water partition coefficient (Wildman–Crippen LogP) is 4.21. The quantitative estimate of drug-likeness (QED) is 0.810. The minimum absolute atomic E-state index is 0.0790. The lowest BCUT2D eigenvalue weighted by Crippen LogP contribution is -2.12. The molecule has 0 aliphatic rings. The van der Waals surface area contributed by atoms with Gasteiger partial charge in [0, 0.05) is 6.42 Å². The molecule has 2 aromatic rings. The number of hydrogen-bond donors (Lipinski definition) is 1. The van der Waals surface area contributed by atoms with Gasteiger partial charge in [-0.25, -0.2) is 4.98 Å². The molecule has 1 aromatic carbocycles. The largest absolute Gasteiger partial charge is 0.494 e. The van der Waals surface area contributed by atoms with Crippen LogP contribution in [0.15, 0.2) is 24.4 Å². The Morgan fingerprint density at radius 1 is 1.38 bits per heavy atom. The number of thiazole rings is 1. The zero-order valence-corrected chi connectivity index (χ0v) is 13.6. The number of aryl methyl sites for hydroxylation is 2. The molecular weight excluding hydrogens is 308 g/mol. The third-order valence-corrected chi connectivity index (χ3v) is 4.05. The predicted molar refractivity (Wildman–Crippen MR) is 86.4 cm³/mol. The number of nitrogens with zero attached hydrogens (tertiary/aromatic N) is 1. The molecule has 0 aliphatic carbocycles. The van der Waals surface area contributed by atoms with Crippen molar-refractivity contribution in [2.45, 2.75) is 26.7 Å². The highest BCUT2D eigenvalue weighted by atomic mass is 35.5. The molecule has 21 heavy (non-hydrogen) atoms. The van der Waals surface area contributed by atoms with Crippen molar-refractivity contribution in [3.05, 3.63) is 39.9 Å². The monoisotopic (exact) mass is 324 g/mol. The molecule has 1 amide bonds. The maximum atomic E-state index is 11.7. The number of halogens is 1. The Labute approximate surface area is 133 Å². The average Bonchev–Trinajstić information content (AvgIpc) is 2.84. The molecule has 2 rings (SSSR count). The average molecular weight is 325 g/mol.